The number of benzene rings is 1. The molecule has 1 aromatic rings. The van der Waals surface area contributed by atoms with Crippen molar-refractivity contribution in [3.05, 3.63) is 24.3 Å². The zero-order valence-electron chi connectivity index (χ0n) is 18.8. The van der Waals surface area contributed by atoms with E-state index in [1.54, 1.807) is 4.90 Å². The fraction of sp³-hybridized carbons (Fsp3) is 0.682. The average Bonchev–Trinajstić information content (AvgIpc) is 3.14. The SMILES string of the molecule is CC(C)(C)OC(=O)N1CCC(COc2ccc(B3OC(C)(C)C(C)(C)O3)cc2)C1. The van der Waals surface area contributed by atoms with Crippen molar-refractivity contribution in [1.29, 1.82) is 0 Å². The maximum absolute atomic E-state index is 12.2. The lowest BCUT2D eigenvalue weighted by Crippen LogP contribution is -2.41. The van der Waals surface area contributed by atoms with Crippen molar-refractivity contribution >= 4 is 18.7 Å². The molecule has 0 saturated carbocycles. The van der Waals surface area contributed by atoms with Crippen LogP contribution < -0.4 is 10.2 Å². The van der Waals surface area contributed by atoms with Gasteiger partial charge in [0, 0.05) is 19.0 Å². The summed E-state index contributed by atoms with van der Waals surface area (Å²) in [6, 6.07) is 7.86. The lowest BCUT2D eigenvalue weighted by atomic mass is 9.79. The number of amides is 1. The van der Waals surface area contributed by atoms with Gasteiger partial charge < -0.3 is 23.7 Å². The van der Waals surface area contributed by atoms with E-state index in [0.717, 1.165) is 17.6 Å². The first-order valence-corrected chi connectivity index (χ1v) is 10.4. The van der Waals surface area contributed by atoms with Gasteiger partial charge >= 0.3 is 13.2 Å². The van der Waals surface area contributed by atoms with Crippen molar-refractivity contribution < 1.29 is 23.6 Å². The lowest BCUT2D eigenvalue weighted by Gasteiger charge is -2.32. The average molecular weight is 403 g/mol. The van der Waals surface area contributed by atoms with E-state index in [1.165, 1.54) is 0 Å². The minimum atomic E-state index is -0.468. The number of rotatable bonds is 4. The molecule has 0 N–H and O–H groups in total. The molecule has 1 amide bonds. The van der Waals surface area contributed by atoms with Gasteiger partial charge in [-0.05, 0) is 72.5 Å². The molecule has 0 aromatic heterocycles. The van der Waals surface area contributed by atoms with Crippen molar-refractivity contribution in [1.82, 2.24) is 4.90 Å². The Bertz CT molecular complexity index is 710. The second-order valence-electron chi connectivity index (χ2n) is 10.0. The van der Waals surface area contributed by atoms with Crippen LogP contribution in [0.1, 0.15) is 54.9 Å². The smallest absolute Gasteiger partial charge is 0.493 e. The fourth-order valence-corrected chi connectivity index (χ4v) is 3.38. The summed E-state index contributed by atoms with van der Waals surface area (Å²) in [5, 5.41) is 0. The summed E-state index contributed by atoms with van der Waals surface area (Å²) in [5.74, 6) is 1.12. The highest BCUT2D eigenvalue weighted by Crippen LogP contribution is 2.36. The van der Waals surface area contributed by atoms with E-state index in [0.29, 0.717) is 25.6 Å². The number of carbonyl (C=O) groups excluding carboxylic acids is 1. The number of hydrogen-bond acceptors (Lipinski definition) is 5. The Morgan fingerprint density at radius 2 is 1.72 bits per heavy atom. The zero-order valence-corrected chi connectivity index (χ0v) is 18.8. The number of carbonyl (C=O) groups is 1. The minimum Gasteiger partial charge on any atom is -0.493 e. The number of likely N-dealkylation sites (tertiary alicyclic amines) is 1. The molecule has 2 aliphatic rings. The predicted octanol–water partition coefficient (Wildman–Crippen LogP) is 3.62. The first-order chi connectivity index (χ1) is 13.4. The Kier molecular flexibility index (Phi) is 5.94. The quantitative estimate of drug-likeness (QED) is 0.719. The van der Waals surface area contributed by atoms with E-state index in [-0.39, 0.29) is 24.4 Å². The molecule has 0 aliphatic carbocycles. The van der Waals surface area contributed by atoms with Gasteiger partial charge in [0.15, 0.2) is 0 Å². The molecule has 0 radical (unpaired) electrons. The molecule has 2 fully saturated rings. The van der Waals surface area contributed by atoms with E-state index in [9.17, 15) is 4.79 Å². The van der Waals surface area contributed by atoms with Crippen LogP contribution >= 0.6 is 0 Å². The molecule has 3 rings (SSSR count). The summed E-state index contributed by atoms with van der Waals surface area (Å²) >= 11 is 0. The van der Waals surface area contributed by atoms with Gasteiger partial charge in [-0.3, -0.25) is 0 Å². The third kappa shape index (κ3) is 5.26. The van der Waals surface area contributed by atoms with E-state index >= 15 is 0 Å². The number of ether oxygens (including phenoxy) is 2. The Morgan fingerprint density at radius 3 is 2.28 bits per heavy atom. The van der Waals surface area contributed by atoms with Crippen LogP contribution in [0.3, 0.4) is 0 Å². The van der Waals surface area contributed by atoms with Crippen LogP contribution in [0.2, 0.25) is 0 Å². The Labute approximate surface area is 175 Å². The maximum Gasteiger partial charge on any atom is 0.494 e. The molecular weight excluding hydrogens is 369 g/mol. The second kappa shape index (κ2) is 7.84. The van der Waals surface area contributed by atoms with Gasteiger partial charge in [-0.1, -0.05) is 12.1 Å². The van der Waals surface area contributed by atoms with Crippen molar-refractivity contribution in [3.63, 3.8) is 0 Å². The highest BCUT2D eigenvalue weighted by atomic mass is 16.7. The second-order valence-corrected chi connectivity index (χ2v) is 10.0. The van der Waals surface area contributed by atoms with Gasteiger partial charge in [0.05, 0.1) is 17.8 Å². The molecule has 1 aromatic carbocycles. The molecule has 2 saturated heterocycles. The Hall–Kier alpha value is -1.73. The molecule has 0 bridgehead atoms. The summed E-state index contributed by atoms with van der Waals surface area (Å²) in [6.07, 6.45) is 0.678. The molecule has 2 aliphatic heterocycles. The molecule has 6 nitrogen and oxygen atoms in total. The van der Waals surface area contributed by atoms with Crippen molar-refractivity contribution in [2.24, 2.45) is 5.92 Å². The topological polar surface area (TPSA) is 57.2 Å². The van der Waals surface area contributed by atoms with Crippen LogP contribution in [0.25, 0.3) is 0 Å². The largest absolute Gasteiger partial charge is 0.494 e. The van der Waals surface area contributed by atoms with Gasteiger partial charge in [-0.25, -0.2) is 4.79 Å². The maximum atomic E-state index is 12.2. The Morgan fingerprint density at radius 1 is 1.14 bits per heavy atom. The molecule has 0 spiro atoms. The van der Waals surface area contributed by atoms with Crippen LogP contribution in [-0.2, 0) is 14.0 Å². The molecule has 1 unspecified atom stereocenters. The summed E-state index contributed by atoms with van der Waals surface area (Å²) in [4.78, 5) is 13.9. The van der Waals surface area contributed by atoms with Gasteiger partial charge in [0.2, 0.25) is 0 Å². The fourth-order valence-electron chi connectivity index (χ4n) is 3.38. The number of hydrogen-bond donors (Lipinski definition) is 0. The van der Waals surface area contributed by atoms with Crippen LogP contribution in [0, 0.1) is 5.92 Å². The predicted molar refractivity (Wildman–Crippen MR) is 114 cm³/mol. The van der Waals surface area contributed by atoms with E-state index < -0.39 is 5.60 Å². The molecular formula is C22H34BNO5. The van der Waals surface area contributed by atoms with Crippen LogP contribution in [-0.4, -0.2) is 54.6 Å². The van der Waals surface area contributed by atoms with E-state index in [4.69, 9.17) is 18.8 Å². The normalized spacial score (nSPS) is 23.3. The van der Waals surface area contributed by atoms with Crippen molar-refractivity contribution in [3.8, 4) is 5.75 Å². The van der Waals surface area contributed by atoms with Gasteiger partial charge in [0.25, 0.3) is 0 Å². The summed E-state index contributed by atoms with van der Waals surface area (Å²) < 4.78 is 23.6. The number of nitrogens with zero attached hydrogens (tertiary/aromatic N) is 1. The zero-order chi connectivity index (χ0) is 21.4. The van der Waals surface area contributed by atoms with E-state index in [1.807, 2.05) is 72.7 Å². The van der Waals surface area contributed by atoms with Crippen LogP contribution in [0.15, 0.2) is 24.3 Å². The van der Waals surface area contributed by atoms with Crippen LogP contribution in [0.4, 0.5) is 4.79 Å². The third-order valence-corrected chi connectivity index (χ3v) is 5.83. The van der Waals surface area contributed by atoms with Gasteiger partial charge in [-0.15, -0.1) is 0 Å². The summed E-state index contributed by atoms with van der Waals surface area (Å²) in [7, 11) is -0.369. The molecule has 2 heterocycles. The molecule has 160 valence electrons. The van der Waals surface area contributed by atoms with E-state index in [2.05, 4.69) is 0 Å². The van der Waals surface area contributed by atoms with Gasteiger partial charge in [-0.2, -0.15) is 0 Å². The lowest BCUT2D eigenvalue weighted by molar-refractivity contribution is 0.00578. The summed E-state index contributed by atoms with van der Waals surface area (Å²) in [6.45, 7) is 15.8. The Balaban J connectivity index is 1.49. The first-order valence-electron chi connectivity index (χ1n) is 10.4. The summed E-state index contributed by atoms with van der Waals surface area (Å²) in [5.41, 5.74) is -0.192. The molecule has 29 heavy (non-hydrogen) atoms. The molecule has 1 atom stereocenters. The molecule has 7 heteroatoms. The highest BCUT2D eigenvalue weighted by molar-refractivity contribution is 6.62. The van der Waals surface area contributed by atoms with Crippen molar-refractivity contribution in [2.75, 3.05) is 19.7 Å². The van der Waals surface area contributed by atoms with Gasteiger partial charge in [0.1, 0.15) is 11.4 Å². The van der Waals surface area contributed by atoms with Crippen LogP contribution in [0.5, 0.6) is 5.75 Å². The minimum absolute atomic E-state index is 0.244. The first kappa shape index (κ1) is 22.0. The highest BCUT2D eigenvalue weighted by Gasteiger charge is 2.51. The van der Waals surface area contributed by atoms with Crippen molar-refractivity contribution in [2.45, 2.75) is 71.7 Å². The third-order valence-electron chi connectivity index (χ3n) is 5.83. The monoisotopic (exact) mass is 403 g/mol. The standard InChI is InChI=1S/C22H34BNO5/c1-20(2,3)27-19(25)24-13-12-16(14-24)15-26-18-10-8-17(9-11-18)23-28-21(4,5)22(6,7)29-23/h8-11,16H,12-15H2,1-7H3.